The smallest absolute Gasteiger partial charge is 0.250 e. The summed E-state index contributed by atoms with van der Waals surface area (Å²) in [5.41, 5.74) is 3.41. The Bertz CT molecular complexity index is 954. The van der Waals surface area contributed by atoms with Crippen molar-refractivity contribution in [1.82, 2.24) is 15.0 Å². The number of fused-ring (bicyclic) bond motifs is 1. The van der Waals surface area contributed by atoms with Crippen molar-refractivity contribution in [1.29, 1.82) is 0 Å². The highest BCUT2D eigenvalue weighted by Crippen LogP contribution is 2.26. The second kappa shape index (κ2) is 7.82. The largest absolute Gasteiger partial charge is 0.354 e. The van der Waals surface area contributed by atoms with Crippen LogP contribution in [-0.2, 0) is 9.84 Å². The zero-order valence-electron chi connectivity index (χ0n) is 15.0. The van der Waals surface area contributed by atoms with Crippen molar-refractivity contribution in [3.8, 4) is 0 Å². The number of aromatic nitrogens is 3. The number of anilines is 3. The van der Waals surface area contributed by atoms with Gasteiger partial charge in [-0.3, -0.25) is 0 Å². The molecule has 2 aromatic rings. The van der Waals surface area contributed by atoms with E-state index in [9.17, 15) is 12.8 Å². The first-order chi connectivity index (χ1) is 12.9. The summed E-state index contributed by atoms with van der Waals surface area (Å²) in [5.74, 6) is 0.334. The van der Waals surface area contributed by atoms with Crippen molar-refractivity contribution in [2.45, 2.75) is 25.2 Å². The highest BCUT2D eigenvalue weighted by atomic mass is 32.2. The number of halogens is 1. The fraction of sp³-hybridized carbons (Fsp3) is 0.375. The molecule has 0 bridgehead atoms. The lowest BCUT2D eigenvalue weighted by Crippen LogP contribution is -2.23. The Hall–Kier alpha value is -2.82. The summed E-state index contributed by atoms with van der Waals surface area (Å²) in [5, 5.41) is 10.2. The van der Waals surface area contributed by atoms with E-state index in [0.29, 0.717) is 30.7 Å². The summed E-state index contributed by atoms with van der Waals surface area (Å²) in [6.07, 6.45) is 0.164. The Morgan fingerprint density at radius 3 is 2.33 bits per heavy atom. The summed E-state index contributed by atoms with van der Waals surface area (Å²) >= 11 is 0. The monoisotopic (exact) mass is 393 g/mol. The predicted molar refractivity (Wildman–Crippen MR) is 101 cm³/mol. The maximum Gasteiger partial charge on any atom is 0.250 e. The van der Waals surface area contributed by atoms with Crippen molar-refractivity contribution >= 4 is 33.4 Å². The van der Waals surface area contributed by atoms with Gasteiger partial charge >= 0.3 is 0 Å². The molecule has 0 radical (unpaired) electrons. The van der Waals surface area contributed by atoms with E-state index in [1.807, 2.05) is 13.8 Å². The van der Waals surface area contributed by atoms with Gasteiger partial charge in [-0.05, 0) is 32.0 Å². The molecular formula is C16H20FN7O2S. The van der Waals surface area contributed by atoms with Gasteiger partial charge in [0, 0.05) is 25.1 Å². The summed E-state index contributed by atoms with van der Waals surface area (Å²) in [6, 6.07) is 3.57. The number of rotatable bonds is 6. The third-order valence-electron chi connectivity index (χ3n) is 3.79. The second-order valence-electron chi connectivity index (χ2n) is 5.75. The summed E-state index contributed by atoms with van der Waals surface area (Å²) in [7, 11) is -3.44. The highest BCUT2D eigenvalue weighted by molar-refractivity contribution is 7.91. The van der Waals surface area contributed by atoms with Gasteiger partial charge in [-0.25, -0.2) is 18.2 Å². The van der Waals surface area contributed by atoms with Crippen molar-refractivity contribution in [3.63, 3.8) is 0 Å². The molecule has 27 heavy (non-hydrogen) atoms. The number of sulfone groups is 1. The normalized spacial score (nSPS) is 16.6. The molecule has 0 atom stereocenters. The average Bonchev–Trinajstić information content (AvgIpc) is 2.61. The van der Waals surface area contributed by atoms with E-state index >= 15 is 0 Å². The van der Waals surface area contributed by atoms with Gasteiger partial charge in [0.1, 0.15) is 5.82 Å². The van der Waals surface area contributed by atoms with Crippen molar-refractivity contribution in [2.75, 3.05) is 34.9 Å². The molecule has 0 aliphatic carbocycles. The van der Waals surface area contributed by atoms with Crippen LogP contribution in [0.5, 0.6) is 0 Å². The fourth-order valence-corrected chi connectivity index (χ4v) is 4.08. The quantitative estimate of drug-likeness (QED) is 0.502. The van der Waals surface area contributed by atoms with Gasteiger partial charge in [-0.2, -0.15) is 20.1 Å². The molecule has 0 spiro atoms. The summed E-state index contributed by atoms with van der Waals surface area (Å²) in [6.45, 7) is 5.10. The van der Waals surface area contributed by atoms with Crippen molar-refractivity contribution < 1.29 is 12.8 Å². The summed E-state index contributed by atoms with van der Waals surface area (Å²) in [4.78, 5) is 12.7. The van der Waals surface area contributed by atoms with E-state index in [1.165, 1.54) is 12.1 Å². The Morgan fingerprint density at radius 1 is 1.07 bits per heavy atom. The average molecular weight is 393 g/mol. The number of nitrogens with one attached hydrogen (secondary N) is 3. The number of benzene rings is 1. The van der Waals surface area contributed by atoms with E-state index in [2.05, 4.69) is 36.1 Å². The lowest BCUT2D eigenvalue weighted by Gasteiger charge is -2.18. The Balaban J connectivity index is 1.93. The molecule has 1 aromatic heterocycles. The van der Waals surface area contributed by atoms with E-state index in [1.54, 1.807) is 0 Å². The minimum atomic E-state index is -3.44. The van der Waals surface area contributed by atoms with E-state index < -0.39 is 15.7 Å². The first kappa shape index (κ1) is 19.0. The molecule has 144 valence electrons. The third-order valence-corrected chi connectivity index (χ3v) is 5.56. The molecular weight excluding hydrogens is 373 g/mol. The standard InChI is InChI=1S/C16H20FN7O2S/c1-3-18-14-20-15(19-4-2)22-16(21-14)24-23-12-7-8-27(25,26)13-6-5-10(17)9-11(12)13/h5-6,9H,3-4,7-8H2,1-2H3,(H3,18,19,20,21,22,24)/b23-12+. The van der Waals surface area contributed by atoms with Gasteiger partial charge in [0.15, 0.2) is 9.84 Å². The van der Waals surface area contributed by atoms with Crippen LogP contribution in [0.4, 0.5) is 22.2 Å². The van der Waals surface area contributed by atoms with Crippen molar-refractivity contribution in [2.24, 2.45) is 5.10 Å². The van der Waals surface area contributed by atoms with Crippen LogP contribution in [0.2, 0.25) is 0 Å². The zero-order chi connectivity index (χ0) is 19.4. The van der Waals surface area contributed by atoms with E-state index in [4.69, 9.17) is 0 Å². The third kappa shape index (κ3) is 4.30. The molecule has 0 saturated carbocycles. The minimum absolute atomic E-state index is 0.0769. The van der Waals surface area contributed by atoms with Gasteiger partial charge in [-0.15, -0.1) is 0 Å². The number of hydrazone groups is 1. The van der Waals surface area contributed by atoms with E-state index in [-0.39, 0.29) is 28.6 Å². The molecule has 9 nitrogen and oxygen atoms in total. The van der Waals surface area contributed by atoms with Crippen molar-refractivity contribution in [3.05, 3.63) is 29.6 Å². The van der Waals surface area contributed by atoms with Crippen LogP contribution in [-0.4, -0.2) is 47.9 Å². The van der Waals surface area contributed by atoms with Crippen LogP contribution >= 0.6 is 0 Å². The Labute approximate surface area is 156 Å². The highest BCUT2D eigenvalue weighted by Gasteiger charge is 2.28. The molecule has 11 heteroatoms. The van der Waals surface area contributed by atoms with Crippen LogP contribution in [0, 0.1) is 5.82 Å². The van der Waals surface area contributed by atoms with Gasteiger partial charge in [-0.1, -0.05) is 0 Å². The second-order valence-corrected chi connectivity index (χ2v) is 7.82. The maximum atomic E-state index is 13.6. The molecule has 0 saturated heterocycles. The van der Waals surface area contributed by atoms with E-state index in [0.717, 1.165) is 6.07 Å². The molecule has 2 heterocycles. The molecule has 3 rings (SSSR count). The lowest BCUT2D eigenvalue weighted by molar-refractivity contribution is 0.593. The molecule has 1 aromatic carbocycles. The maximum absolute atomic E-state index is 13.6. The van der Waals surface area contributed by atoms with Gasteiger partial charge in [0.2, 0.25) is 17.8 Å². The van der Waals surface area contributed by atoms with Gasteiger partial charge in [0.05, 0.1) is 16.4 Å². The number of hydrogen-bond acceptors (Lipinski definition) is 9. The van der Waals surface area contributed by atoms with Crippen LogP contribution in [0.25, 0.3) is 0 Å². The summed E-state index contributed by atoms with van der Waals surface area (Å²) < 4.78 is 38.0. The topological polar surface area (TPSA) is 121 Å². The zero-order valence-corrected chi connectivity index (χ0v) is 15.8. The van der Waals surface area contributed by atoms with Gasteiger partial charge < -0.3 is 10.6 Å². The Kier molecular flexibility index (Phi) is 5.49. The molecule has 1 aliphatic heterocycles. The number of hydrogen-bond donors (Lipinski definition) is 3. The fourth-order valence-electron chi connectivity index (χ4n) is 2.61. The van der Waals surface area contributed by atoms with Gasteiger partial charge in [0.25, 0.3) is 0 Å². The first-order valence-corrected chi connectivity index (χ1v) is 10.2. The molecule has 3 N–H and O–H groups in total. The van der Waals surface area contributed by atoms with Crippen LogP contribution in [0.1, 0.15) is 25.8 Å². The van der Waals surface area contributed by atoms with Crippen LogP contribution < -0.4 is 16.1 Å². The number of nitrogens with zero attached hydrogens (tertiary/aromatic N) is 4. The van der Waals surface area contributed by atoms with Crippen LogP contribution in [0.15, 0.2) is 28.2 Å². The predicted octanol–water partition coefficient (Wildman–Crippen LogP) is 1.87. The SMILES string of the molecule is CCNc1nc(NCC)nc(N/N=C2\CCS(=O)(=O)c3ccc(F)cc32)n1. The molecule has 0 fully saturated rings. The Morgan fingerprint density at radius 2 is 1.70 bits per heavy atom. The first-order valence-electron chi connectivity index (χ1n) is 8.52. The minimum Gasteiger partial charge on any atom is -0.354 e. The molecule has 0 unspecified atom stereocenters. The molecule has 1 aliphatic rings. The molecule has 0 amide bonds. The van der Waals surface area contributed by atoms with Crippen LogP contribution in [0.3, 0.4) is 0 Å². The lowest BCUT2D eigenvalue weighted by atomic mass is 10.1.